The van der Waals surface area contributed by atoms with E-state index in [0.717, 1.165) is 25.4 Å². The molecule has 0 spiro atoms. The van der Waals surface area contributed by atoms with Crippen molar-refractivity contribution in [3.63, 3.8) is 0 Å². The second-order valence-corrected chi connectivity index (χ2v) is 8.89. The number of ether oxygens (including phenoxy) is 1. The van der Waals surface area contributed by atoms with Crippen molar-refractivity contribution in [3.05, 3.63) is 29.8 Å². The Morgan fingerprint density at radius 2 is 1.88 bits per heavy atom. The van der Waals surface area contributed by atoms with Crippen LogP contribution < -0.4 is 10.1 Å². The molecule has 8 heteroatoms. The molecule has 0 bridgehead atoms. The van der Waals surface area contributed by atoms with Gasteiger partial charge < -0.3 is 15.0 Å². The summed E-state index contributed by atoms with van der Waals surface area (Å²) in [4.78, 5) is 16.4. The van der Waals surface area contributed by atoms with Gasteiger partial charge in [0.25, 0.3) is 0 Å². The minimum Gasteiger partial charge on any atom is -0.497 e. The van der Waals surface area contributed by atoms with Gasteiger partial charge in [0, 0.05) is 38.8 Å². The zero-order valence-corrected chi connectivity index (χ0v) is 15.3. The molecule has 1 aromatic rings. The molecule has 3 rings (SSSR count). The highest BCUT2D eigenvalue weighted by Crippen LogP contribution is 2.15. The van der Waals surface area contributed by atoms with Crippen LogP contribution in [-0.4, -0.2) is 75.1 Å². The van der Waals surface area contributed by atoms with E-state index < -0.39 is 9.84 Å². The number of benzene rings is 1. The van der Waals surface area contributed by atoms with Gasteiger partial charge in [0.2, 0.25) is 0 Å². The van der Waals surface area contributed by atoms with Crippen LogP contribution in [0.2, 0.25) is 0 Å². The number of hydrogen-bond donors (Lipinski definition) is 1. The van der Waals surface area contributed by atoms with E-state index in [0.29, 0.717) is 19.5 Å². The van der Waals surface area contributed by atoms with E-state index in [1.54, 1.807) is 12.0 Å². The number of nitrogens with zero attached hydrogens (tertiary/aromatic N) is 2. The van der Waals surface area contributed by atoms with E-state index in [-0.39, 0.29) is 23.6 Å². The molecule has 2 heterocycles. The number of rotatable bonds is 4. The first-order valence-electron chi connectivity index (χ1n) is 8.56. The number of urea groups is 1. The molecule has 138 valence electrons. The van der Waals surface area contributed by atoms with Gasteiger partial charge in [0.15, 0.2) is 9.84 Å². The third kappa shape index (κ3) is 4.85. The summed E-state index contributed by atoms with van der Waals surface area (Å²) in [7, 11) is -1.32. The lowest BCUT2D eigenvalue weighted by molar-refractivity contribution is 0.134. The molecule has 7 nitrogen and oxygen atoms in total. The Morgan fingerprint density at radius 1 is 1.20 bits per heavy atom. The zero-order chi connectivity index (χ0) is 17.9. The van der Waals surface area contributed by atoms with Crippen LogP contribution in [0.4, 0.5) is 4.79 Å². The maximum atomic E-state index is 12.3. The molecule has 25 heavy (non-hydrogen) atoms. The molecule has 1 aromatic carbocycles. The zero-order valence-electron chi connectivity index (χ0n) is 14.5. The summed E-state index contributed by atoms with van der Waals surface area (Å²) >= 11 is 0. The van der Waals surface area contributed by atoms with Crippen LogP contribution in [0.5, 0.6) is 5.75 Å². The standard InChI is InChI=1S/C17H25N3O4S/c1-24-16-4-2-14(3-5-16)12-19-7-9-20(10-8-19)17(21)18-15-6-11-25(22,23)13-15/h2-5,15H,6-13H2,1H3,(H,18,21). The molecule has 0 radical (unpaired) electrons. The van der Waals surface area contributed by atoms with Gasteiger partial charge in [-0.25, -0.2) is 13.2 Å². The largest absolute Gasteiger partial charge is 0.497 e. The molecular weight excluding hydrogens is 342 g/mol. The van der Waals surface area contributed by atoms with Gasteiger partial charge in [-0.1, -0.05) is 12.1 Å². The maximum Gasteiger partial charge on any atom is 0.317 e. The first-order valence-corrected chi connectivity index (χ1v) is 10.4. The van der Waals surface area contributed by atoms with Gasteiger partial charge in [0.05, 0.1) is 18.6 Å². The van der Waals surface area contributed by atoms with E-state index in [1.807, 2.05) is 12.1 Å². The van der Waals surface area contributed by atoms with E-state index >= 15 is 0 Å². The Labute approximate surface area is 148 Å². The Kier molecular flexibility index (Phi) is 5.48. The molecule has 1 atom stereocenters. The number of carbonyl (C=O) groups excluding carboxylic acids is 1. The fraction of sp³-hybridized carbons (Fsp3) is 0.588. The second-order valence-electron chi connectivity index (χ2n) is 6.66. The number of nitrogens with one attached hydrogen (secondary N) is 1. The number of methoxy groups -OCH3 is 1. The summed E-state index contributed by atoms with van der Waals surface area (Å²) in [6, 6.07) is 7.63. The normalized spacial score (nSPS) is 23.4. The minimum absolute atomic E-state index is 0.0656. The average Bonchev–Trinajstić information content (AvgIpc) is 2.94. The summed E-state index contributed by atoms with van der Waals surface area (Å²) in [5, 5.41) is 2.86. The Morgan fingerprint density at radius 3 is 2.44 bits per heavy atom. The maximum absolute atomic E-state index is 12.3. The fourth-order valence-corrected chi connectivity index (χ4v) is 4.95. The highest BCUT2D eigenvalue weighted by molar-refractivity contribution is 7.91. The van der Waals surface area contributed by atoms with E-state index in [2.05, 4.69) is 22.3 Å². The predicted molar refractivity (Wildman–Crippen MR) is 95.4 cm³/mol. The van der Waals surface area contributed by atoms with Crippen LogP contribution in [0.25, 0.3) is 0 Å². The van der Waals surface area contributed by atoms with Crippen LogP contribution in [0, 0.1) is 0 Å². The summed E-state index contributed by atoms with van der Waals surface area (Å²) in [5.74, 6) is 1.09. The van der Waals surface area contributed by atoms with Crippen molar-refractivity contribution in [2.45, 2.75) is 19.0 Å². The summed E-state index contributed by atoms with van der Waals surface area (Å²) in [5.41, 5.74) is 1.22. The van der Waals surface area contributed by atoms with Crippen LogP contribution >= 0.6 is 0 Å². The van der Waals surface area contributed by atoms with Crippen molar-refractivity contribution in [3.8, 4) is 5.75 Å². The highest BCUT2D eigenvalue weighted by Gasteiger charge is 2.30. The molecule has 2 amide bonds. The molecule has 0 aliphatic carbocycles. The van der Waals surface area contributed by atoms with Crippen LogP contribution in [0.1, 0.15) is 12.0 Å². The predicted octanol–water partition coefficient (Wildman–Crippen LogP) is 0.710. The van der Waals surface area contributed by atoms with Crippen LogP contribution in [-0.2, 0) is 16.4 Å². The monoisotopic (exact) mass is 367 g/mol. The van der Waals surface area contributed by atoms with Gasteiger partial charge in [-0.05, 0) is 24.1 Å². The molecule has 1 unspecified atom stereocenters. The molecule has 0 saturated carbocycles. The van der Waals surface area contributed by atoms with Gasteiger partial charge in [-0.15, -0.1) is 0 Å². The molecule has 2 fully saturated rings. The third-order valence-corrected chi connectivity index (χ3v) is 6.55. The van der Waals surface area contributed by atoms with Crippen molar-refractivity contribution in [2.24, 2.45) is 0 Å². The summed E-state index contributed by atoms with van der Waals surface area (Å²) in [6.07, 6.45) is 0.519. The lowest BCUT2D eigenvalue weighted by Crippen LogP contribution is -2.53. The average molecular weight is 367 g/mol. The first-order chi connectivity index (χ1) is 11.9. The molecule has 1 N–H and O–H groups in total. The number of carbonyl (C=O) groups is 1. The van der Waals surface area contributed by atoms with Crippen molar-refractivity contribution in [1.29, 1.82) is 0 Å². The lowest BCUT2D eigenvalue weighted by atomic mass is 10.2. The number of piperazine rings is 1. The van der Waals surface area contributed by atoms with Crippen molar-refractivity contribution >= 4 is 15.9 Å². The van der Waals surface area contributed by atoms with Gasteiger partial charge in [-0.2, -0.15) is 0 Å². The third-order valence-electron chi connectivity index (χ3n) is 4.78. The number of amides is 2. The Hall–Kier alpha value is -1.80. The van der Waals surface area contributed by atoms with Gasteiger partial charge >= 0.3 is 6.03 Å². The van der Waals surface area contributed by atoms with Gasteiger partial charge in [0.1, 0.15) is 5.75 Å². The minimum atomic E-state index is -2.97. The highest BCUT2D eigenvalue weighted by atomic mass is 32.2. The fourth-order valence-electron chi connectivity index (χ4n) is 3.27. The molecule has 2 aliphatic rings. The molecule has 0 aromatic heterocycles. The van der Waals surface area contributed by atoms with Gasteiger partial charge in [-0.3, -0.25) is 4.90 Å². The van der Waals surface area contributed by atoms with Crippen molar-refractivity contribution < 1.29 is 17.9 Å². The summed E-state index contributed by atoms with van der Waals surface area (Å²) in [6.45, 7) is 3.77. The summed E-state index contributed by atoms with van der Waals surface area (Å²) < 4.78 is 28.1. The first kappa shape index (κ1) is 18.0. The van der Waals surface area contributed by atoms with E-state index in [9.17, 15) is 13.2 Å². The van der Waals surface area contributed by atoms with Crippen molar-refractivity contribution in [1.82, 2.24) is 15.1 Å². The van der Waals surface area contributed by atoms with E-state index in [4.69, 9.17) is 4.74 Å². The lowest BCUT2D eigenvalue weighted by Gasteiger charge is -2.35. The van der Waals surface area contributed by atoms with Crippen LogP contribution in [0.15, 0.2) is 24.3 Å². The molecular formula is C17H25N3O4S. The topological polar surface area (TPSA) is 79.0 Å². The number of sulfone groups is 1. The molecule has 2 saturated heterocycles. The SMILES string of the molecule is COc1ccc(CN2CCN(C(=O)NC3CCS(=O)(=O)C3)CC2)cc1. The molecule has 2 aliphatic heterocycles. The Balaban J connectivity index is 1.44. The Bertz CT molecular complexity index is 697. The quantitative estimate of drug-likeness (QED) is 0.848. The van der Waals surface area contributed by atoms with Crippen LogP contribution in [0.3, 0.4) is 0 Å². The van der Waals surface area contributed by atoms with E-state index in [1.165, 1.54) is 5.56 Å². The smallest absolute Gasteiger partial charge is 0.317 e. The second kappa shape index (κ2) is 7.61. The number of hydrogen-bond acceptors (Lipinski definition) is 5. The van der Waals surface area contributed by atoms with Crippen molar-refractivity contribution in [2.75, 3.05) is 44.8 Å².